The first-order valence-electron chi connectivity index (χ1n) is 11.1. The Labute approximate surface area is 166 Å². The molecule has 1 aromatic rings. The molecule has 0 unspecified atom stereocenters. The molecule has 1 amide bonds. The molecule has 1 aliphatic carbocycles. The van der Waals surface area contributed by atoms with Crippen LogP contribution in [0.5, 0.6) is 0 Å². The number of hydrogen-bond acceptors (Lipinski definition) is 4. The van der Waals surface area contributed by atoms with E-state index < -0.39 is 6.10 Å². The van der Waals surface area contributed by atoms with Crippen LogP contribution in [0.1, 0.15) is 66.9 Å². The van der Waals surface area contributed by atoms with Crippen LogP contribution in [0.15, 0.2) is 16.9 Å². The highest BCUT2D eigenvalue weighted by atomic mass is 16.3. The summed E-state index contributed by atoms with van der Waals surface area (Å²) in [5.41, 5.74) is 1.25. The predicted octanol–water partition coefficient (Wildman–Crippen LogP) is 1.81. The largest absolute Gasteiger partial charge is 0.391 e. The number of pyridine rings is 1. The number of carbonyl (C=O) groups excluding carboxylic acids is 1. The fourth-order valence-corrected chi connectivity index (χ4v) is 6.02. The van der Waals surface area contributed by atoms with E-state index in [0.29, 0.717) is 24.9 Å². The second kappa shape index (κ2) is 7.30. The quantitative estimate of drug-likeness (QED) is 0.843. The van der Waals surface area contributed by atoms with E-state index in [9.17, 15) is 14.7 Å². The summed E-state index contributed by atoms with van der Waals surface area (Å²) in [6.07, 6.45) is 7.55. The minimum Gasteiger partial charge on any atom is -0.391 e. The molecule has 6 nitrogen and oxygen atoms in total. The van der Waals surface area contributed by atoms with Gasteiger partial charge in [0.15, 0.2) is 0 Å². The molecule has 2 bridgehead atoms. The first-order chi connectivity index (χ1) is 13.6. The molecular weight excluding hydrogens is 354 g/mol. The van der Waals surface area contributed by atoms with Crippen molar-refractivity contribution in [2.24, 2.45) is 5.92 Å². The fraction of sp³-hybridized carbons (Fsp3) is 0.727. The summed E-state index contributed by atoms with van der Waals surface area (Å²) in [5.74, 6) is 0.691. The maximum absolute atomic E-state index is 13.2. The van der Waals surface area contributed by atoms with Crippen molar-refractivity contribution in [3.05, 3.63) is 33.7 Å². The van der Waals surface area contributed by atoms with Gasteiger partial charge in [-0.05, 0) is 50.2 Å². The van der Waals surface area contributed by atoms with E-state index in [-0.39, 0.29) is 17.0 Å². The minimum absolute atomic E-state index is 0.133. The van der Waals surface area contributed by atoms with Crippen molar-refractivity contribution >= 4 is 5.91 Å². The lowest BCUT2D eigenvalue weighted by molar-refractivity contribution is 0.0470. The van der Waals surface area contributed by atoms with Gasteiger partial charge in [0, 0.05) is 50.4 Å². The van der Waals surface area contributed by atoms with Gasteiger partial charge in [0.1, 0.15) is 5.56 Å². The van der Waals surface area contributed by atoms with Crippen LogP contribution in [0.25, 0.3) is 0 Å². The summed E-state index contributed by atoms with van der Waals surface area (Å²) < 4.78 is 1.89. The maximum atomic E-state index is 13.2. The summed E-state index contributed by atoms with van der Waals surface area (Å²) >= 11 is 0. The summed E-state index contributed by atoms with van der Waals surface area (Å²) in [6, 6.07) is 4.50. The number of carbonyl (C=O) groups is 1. The normalized spacial score (nSPS) is 31.0. The van der Waals surface area contributed by atoms with Crippen LogP contribution < -0.4 is 5.56 Å². The number of likely N-dealkylation sites (tertiary alicyclic amines) is 2. The van der Waals surface area contributed by atoms with E-state index in [1.807, 2.05) is 10.6 Å². The zero-order valence-electron chi connectivity index (χ0n) is 16.6. The van der Waals surface area contributed by atoms with Crippen LogP contribution >= 0.6 is 0 Å². The van der Waals surface area contributed by atoms with Crippen molar-refractivity contribution in [3.63, 3.8) is 0 Å². The van der Waals surface area contributed by atoms with Crippen molar-refractivity contribution in [3.8, 4) is 0 Å². The van der Waals surface area contributed by atoms with E-state index in [1.165, 1.54) is 25.7 Å². The smallest absolute Gasteiger partial charge is 0.263 e. The standard InChI is InChI=1S/C22H31N3O3/c26-18-6-3-9-23(14-18)21(27)19-7-8-20-16-10-15(12-25(20)22(19)28)11-24(13-16)17-4-1-2-5-17/h7-8,15-18,26H,1-6,9-14H2/t15-,16+,18-/m0/s1. The Morgan fingerprint density at radius 2 is 1.82 bits per heavy atom. The van der Waals surface area contributed by atoms with Crippen molar-refractivity contribution in [2.75, 3.05) is 26.2 Å². The molecule has 1 aromatic heterocycles. The monoisotopic (exact) mass is 385 g/mol. The van der Waals surface area contributed by atoms with Crippen LogP contribution in [0.3, 0.4) is 0 Å². The van der Waals surface area contributed by atoms with Crippen LogP contribution in [-0.2, 0) is 6.54 Å². The molecule has 3 aliphatic heterocycles. The van der Waals surface area contributed by atoms with Gasteiger partial charge in [-0.2, -0.15) is 0 Å². The Balaban J connectivity index is 1.40. The van der Waals surface area contributed by atoms with E-state index >= 15 is 0 Å². The van der Waals surface area contributed by atoms with E-state index in [1.54, 1.807) is 11.0 Å². The van der Waals surface area contributed by atoms with Gasteiger partial charge < -0.3 is 14.6 Å². The third-order valence-electron chi connectivity index (χ3n) is 7.39. The molecule has 6 heteroatoms. The van der Waals surface area contributed by atoms with E-state index in [2.05, 4.69) is 4.90 Å². The van der Waals surface area contributed by atoms with Crippen molar-refractivity contribution in [1.82, 2.24) is 14.4 Å². The van der Waals surface area contributed by atoms with Crippen molar-refractivity contribution in [1.29, 1.82) is 0 Å². The predicted molar refractivity (Wildman–Crippen MR) is 107 cm³/mol. The molecule has 3 fully saturated rings. The number of amides is 1. The zero-order valence-corrected chi connectivity index (χ0v) is 16.6. The van der Waals surface area contributed by atoms with Gasteiger partial charge in [0.25, 0.3) is 11.5 Å². The Hall–Kier alpha value is -1.66. The van der Waals surface area contributed by atoms with Crippen LogP contribution in [-0.4, -0.2) is 63.7 Å². The lowest BCUT2D eigenvalue weighted by Crippen LogP contribution is -2.51. The highest BCUT2D eigenvalue weighted by molar-refractivity contribution is 5.94. The summed E-state index contributed by atoms with van der Waals surface area (Å²) in [4.78, 5) is 30.4. The molecule has 3 atom stereocenters. The highest BCUT2D eigenvalue weighted by Crippen LogP contribution is 2.38. The molecule has 0 aromatic carbocycles. The SMILES string of the molecule is O=C(c1ccc2n(c1=O)C[C@H]1C[C@@H]2CN(C2CCCC2)C1)N1CCC[C@H](O)C1. The minimum atomic E-state index is -0.473. The van der Waals surface area contributed by atoms with Crippen LogP contribution in [0.4, 0.5) is 0 Å². The van der Waals surface area contributed by atoms with Crippen LogP contribution in [0, 0.1) is 5.92 Å². The van der Waals surface area contributed by atoms with Gasteiger partial charge in [-0.3, -0.25) is 14.5 Å². The average Bonchev–Trinajstić information content (AvgIpc) is 3.23. The Morgan fingerprint density at radius 1 is 1.00 bits per heavy atom. The molecule has 5 rings (SSSR count). The molecule has 2 saturated heterocycles. The fourth-order valence-electron chi connectivity index (χ4n) is 6.02. The molecular formula is C22H31N3O3. The average molecular weight is 386 g/mol. The number of fused-ring (bicyclic) bond motifs is 4. The van der Waals surface area contributed by atoms with E-state index in [4.69, 9.17) is 0 Å². The third kappa shape index (κ3) is 3.20. The number of aliphatic hydroxyl groups is 1. The lowest BCUT2D eigenvalue weighted by Gasteiger charge is -2.45. The Kier molecular flexibility index (Phi) is 4.79. The molecule has 0 spiro atoms. The molecule has 0 radical (unpaired) electrons. The number of piperidine rings is 2. The maximum Gasteiger partial charge on any atom is 0.263 e. The highest BCUT2D eigenvalue weighted by Gasteiger charge is 2.38. The first-order valence-corrected chi connectivity index (χ1v) is 11.1. The topological polar surface area (TPSA) is 65.8 Å². The zero-order chi connectivity index (χ0) is 19.3. The lowest BCUT2D eigenvalue weighted by atomic mass is 9.82. The second-order valence-electron chi connectivity index (χ2n) is 9.33. The molecule has 152 valence electrons. The van der Waals surface area contributed by atoms with Gasteiger partial charge in [-0.1, -0.05) is 12.8 Å². The number of β-amino-alcohol motifs (C(OH)–C–C–N with tert-alkyl or cyclic N) is 1. The molecule has 28 heavy (non-hydrogen) atoms. The van der Waals surface area contributed by atoms with Gasteiger partial charge >= 0.3 is 0 Å². The van der Waals surface area contributed by atoms with E-state index in [0.717, 1.165) is 50.6 Å². The first kappa shape index (κ1) is 18.4. The second-order valence-corrected chi connectivity index (χ2v) is 9.33. The van der Waals surface area contributed by atoms with Gasteiger partial charge in [0.05, 0.1) is 6.10 Å². The molecule has 4 aliphatic rings. The van der Waals surface area contributed by atoms with Crippen LogP contribution in [0.2, 0.25) is 0 Å². The third-order valence-corrected chi connectivity index (χ3v) is 7.39. The van der Waals surface area contributed by atoms with Gasteiger partial charge in [0.2, 0.25) is 0 Å². The number of aromatic nitrogens is 1. The number of hydrogen-bond donors (Lipinski definition) is 1. The number of rotatable bonds is 2. The summed E-state index contributed by atoms with van der Waals surface area (Å²) in [5, 5.41) is 9.88. The molecule has 1 N–H and O–H groups in total. The Morgan fingerprint density at radius 3 is 2.61 bits per heavy atom. The number of nitrogens with zero attached hydrogens (tertiary/aromatic N) is 3. The molecule has 4 heterocycles. The van der Waals surface area contributed by atoms with Crippen molar-refractivity contribution in [2.45, 2.75) is 69.6 Å². The Bertz CT molecular complexity index is 814. The van der Waals surface area contributed by atoms with Gasteiger partial charge in [-0.25, -0.2) is 0 Å². The molecule has 1 saturated carbocycles. The summed E-state index contributed by atoms with van der Waals surface area (Å²) in [6.45, 7) is 3.83. The van der Waals surface area contributed by atoms with Crippen molar-refractivity contribution < 1.29 is 9.90 Å². The number of aliphatic hydroxyl groups excluding tert-OH is 1. The summed E-state index contributed by atoms with van der Waals surface area (Å²) in [7, 11) is 0. The van der Waals surface area contributed by atoms with Gasteiger partial charge in [-0.15, -0.1) is 0 Å².